The molecule has 2 aliphatic carbocycles. The van der Waals surface area contributed by atoms with Crippen LogP contribution in [-0.2, 0) is 17.1 Å². The molecule has 3 rings (SSSR count). The number of aryl methyl sites for hydroxylation is 1. The zero-order chi connectivity index (χ0) is 15.0. The third kappa shape index (κ3) is 2.94. The molecule has 0 spiro atoms. The molecule has 6 nitrogen and oxygen atoms in total. The van der Waals surface area contributed by atoms with Crippen molar-refractivity contribution >= 4 is 15.8 Å². The van der Waals surface area contributed by atoms with E-state index in [2.05, 4.69) is 4.98 Å². The van der Waals surface area contributed by atoms with E-state index in [1.54, 1.807) is 11.4 Å². The van der Waals surface area contributed by atoms with Crippen LogP contribution in [0, 0.1) is 5.92 Å². The first-order valence-electron chi connectivity index (χ1n) is 7.79. The summed E-state index contributed by atoms with van der Waals surface area (Å²) in [6, 6.07) is 0.159. The molecule has 21 heavy (non-hydrogen) atoms. The molecule has 2 aliphatic rings. The second-order valence-corrected chi connectivity index (χ2v) is 8.16. The van der Waals surface area contributed by atoms with Gasteiger partial charge in [0.2, 0.25) is 0 Å². The molecule has 2 saturated carbocycles. The lowest BCUT2D eigenvalue weighted by Crippen LogP contribution is -2.38. The van der Waals surface area contributed by atoms with E-state index in [9.17, 15) is 8.42 Å². The van der Waals surface area contributed by atoms with E-state index >= 15 is 0 Å². The predicted molar refractivity (Wildman–Crippen MR) is 81.1 cm³/mol. The average molecular weight is 312 g/mol. The van der Waals surface area contributed by atoms with Crippen molar-refractivity contribution in [2.75, 3.05) is 12.3 Å². The Kier molecular flexibility index (Phi) is 3.96. The largest absolute Gasteiger partial charge is 0.381 e. The Bertz CT molecular complexity index is 581. The lowest BCUT2D eigenvalue weighted by atomic mass is 9.89. The van der Waals surface area contributed by atoms with Gasteiger partial charge in [-0.2, -0.15) is 4.31 Å². The van der Waals surface area contributed by atoms with Gasteiger partial charge in [-0.1, -0.05) is 19.3 Å². The summed E-state index contributed by atoms with van der Waals surface area (Å²) in [4.78, 5) is 3.93. The van der Waals surface area contributed by atoms with Crippen molar-refractivity contribution in [2.45, 2.75) is 56.0 Å². The van der Waals surface area contributed by atoms with Gasteiger partial charge in [0.25, 0.3) is 10.0 Å². The van der Waals surface area contributed by atoms with E-state index in [0.717, 1.165) is 25.7 Å². The van der Waals surface area contributed by atoms with Crippen LogP contribution in [0.5, 0.6) is 0 Å². The number of nitrogen functional groups attached to an aromatic ring is 1. The number of nitrogens with two attached hydrogens (primary N) is 1. The van der Waals surface area contributed by atoms with Gasteiger partial charge in [0.15, 0.2) is 10.8 Å². The van der Waals surface area contributed by atoms with Gasteiger partial charge in [-0.25, -0.2) is 13.4 Å². The second kappa shape index (κ2) is 5.61. The van der Waals surface area contributed by atoms with Gasteiger partial charge >= 0.3 is 0 Å². The van der Waals surface area contributed by atoms with Gasteiger partial charge in [-0.05, 0) is 31.6 Å². The van der Waals surface area contributed by atoms with Crippen molar-refractivity contribution in [1.29, 1.82) is 0 Å². The van der Waals surface area contributed by atoms with Crippen molar-refractivity contribution in [3.8, 4) is 0 Å². The lowest BCUT2D eigenvalue weighted by molar-refractivity contribution is 0.273. The summed E-state index contributed by atoms with van der Waals surface area (Å²) in [5.74, 6) is 0.593. The molecule has 118 valence electrons. The Morgan fingerprint density at radius 3 is 2.48 bits per heavy atom. The fourth-order valence-corrected chi connectivity index (χ4v) is 5.25. The minimum absolute atomic E-state index is 0.104. The van der Waals surface area contributed by atoms with Crippen LogP contribution in [0.4, 0.5) is 5.82 Å². The van der Waals surface area contributed by atoms with Gasteiger partial charge in [0.1, 0.15) is 0 Å². The minimum Gasteiger partial charge on any atom is -0.381 e. The third-order valence-electron chi connectivity index (χ3n) is 4.58. The molecule has 0 radical (unpaired) electrons. The molecular weight excluding hydrogens is 288 g/mol. The van der Waals surface area contributed by atoms with Gasteiger partial charge in [-0.15, -0.1) is 0 Å². The highest BCUT2D eigenvalue weighted by Gasteiger charge is 2.41. The van der Waals surface area contributed by atoms with Crippen LogP contribution in [0.1, 0.15) is 44.9 Å². The summed E-state index contributed by atoms with van der Waals surface area (Å²) in [6.45, 7) is 0.637. The van der Waals surface area contributed by atoms with Crippen molar-refractivity contribution in [3.63, 3.8) is 0 Å². The molecule has 0 bridgehead atoms. The van der Waals surface area contributed by atoms with Crippen LogP contribution >= 0.6 is 0 Å². The van der Waals surface area contributed by atoms with Gasteiger partial charge in [-0.3, -0.25) is 0 Å². The van der Waals surface area contributed by atoms with Crippen molar-refractivity contribution in [2.24, 2.45) is 13.0 Å². The molecule has 0 saturated heterocycles. The highest BCUT2D eigenvalue weighted by atomic mass is 32.2. The molecule has 2 N–H and O–H groups in total. The van der Waals surface area contributed by atoms with Crippen LogP contribution in [0.15, 0.2) is 11.4 Å². The van der Waals surface area contributed by atoms with E-state index in [1.165, 1.54) is 30.2 Å². The number of hydrogen-bond acceptors (Lipinski definition) is 4. The molecule has 0 atom stereocenters. The number of imidazole rings is 1. The lowest BCUT2D eigenvalue weighted by Gasteiger charge is -2.29. The fourth-order valence-electron chi connectivity index (χ4n) is 3.29. The Hall–Kier alpha value is -1.08. The maximum atomic E-state index is 13.0. The first-order valence-corrected chi connectivity index (χ1v) is 9.23. The SMILES string of the molecule is Cn1cnc(N)c1S(=O)(=O)N(CC1CCCCC1)C1CC1. The molecule has 0 unspecified atom stereocenters. The number of rotatable bonds is 5. The normalized spacial score (nSPS) is 21.0. The molecule has 0 aliphatic heterocycles. The summed E-state index contributed by atoms with van der Waals surface area (Å²) in [7, 11) is -1.86. The summed E-state index contributed by atoms with van der Waals surface area (Å²) in [5, 5.41) is 0.144. The molecule has 1 heterocycles. The number of aromatic nitrogens is 2. The number of sulfonamides is 1. The van der Waals surface area contributed by atoms with Gasteiger partial charge in [0.05, 0.1) is 6.33 Å². The van der Waals surface area contributed by atoms with Crippen LogP contribution in [0.25, 0.3) is 0 Å². The Morgan fingerprint density at radius 1 is 1.29 bits per heavy atom. The van der Waals surface area contributed by atoms with E-state index < -0.39 is 10.0 Å². The topological polar surface area (TPSA) is 81.2 Å². The van der Waals surface area contributed by atoms with Crippen molar-refractivity contribution in [3.05, 3.63) is 6.33 Å². The maximum absolute atomic E-state index is 13.0. The fraction of sp³-hybridized carbons (Fsp3) is 0.786. The number of anilines is 1. The molecular formula is C14H24N4O2S. The Labute approximate surface area is 126 Å². The average Bonchev–Trinajstić information content (AvgIpc) is 3.22. The standard InChI is InChI=1S/C14H24N4O2S/c1-17-10-16-13(15)14(17)21(19,20)18(12-7-8-12)9-11-5-3-2-4-6-11/h10-12H,2-9,15H2,1H3. The third-order valence-corrected chi connectivity index (χ3v) is 6.63. The molecule has 0 aromatic carbocycles. The van der Waals surface area contributed by atoms with Crippen molar-refractivity contribution < 1.29 is 8.42 Å². The monoisotopic (exact) mass is 312 g/mol. The zero-order valence-corrected chi connectivity index (χ0v) is 13.3. The molecule has 1 aromatic heterocycles. The Balaban J connectivity index is 1.86. The van der Waals surface area contributed by atoms with Gasteiger partial charge < -0.3 is 10.3 Å². The summed E-state index contributed by atoms with van der Waals surface area (Å²) in [6.07, 6.45) is 9.38. The van der Waals surface area contributed by atoms with Crippen LogP contribution < -0.4 is 5.73 Å². The predicted octanol–water partition coefficient (Wildman–Crippen LogP) is 1.74. The highest BCUT2D eigenvalue weighted by molar-refractivity contribution is 7.89. The number of hydrogen-bond donors (Lipinski definition) is 1. The van der Waals surface area contributed by atoms with E-state index in [0.29, 0.717) is 12.5 Å². The van der Waals surface area contributed by atoms with E-state index in [4.69, 9.17) is 5.73 Å². The first-order chi connectivity index (χ1) is 10.00. The quantitative estimate of drug-likeness (QED) is 0.898. The summed E-state index contributed by atoms with van der Waals surface area (Å²) in [5.41, 5.74) is 5.78. The molecule has 7 heteroatoms. The molecule has 2 fully saturated rings. The molecule has 0 amide bonds. The smallest absolute Gasteiger partial charge is 0.262 e. The van der Waals surface area contributed by atoms with E-state index in [1.807, 2.05) is 0 Å². The second-order valence-electron chi connectivity index (χ2n) is 6.36. The van der Waals surface area contributed by atoms with Crippen LogP contribution in [-0.4, -0.2) is 34.9 Å². The summed E-state index contributed by atoms with van der Waals surface area (Å²) >= 11 is 0. The van der Waals surface area contributed by atoms with Crippen LogP contribution in [0.3, 0.4) is 0 Å². The number of nitrogens with zero attached hydrogens (tertiary/aromatic N) is 3. The van der Waals surface area contributed by atoms with E-state index in [-0.39, 0.29) is 16.9 Å². The minimum atomic E-state index is -3.55. The van der Waals surface area contributed by atoms with Crippen molar-refractivity contribution in [1.82, 2.24) is 13.9 Å². The molecule has 1 aromatic rings. The maximum Gasteiger partial charge on any atom is 0.262 e. The highest BCUT2D eigenvalue weighted by Crippen LogP contribution is 2.36. The Morgan fingerprint density at radius 2 is 1.95 bits per heavy atom. The van der Waals surface area contributed by atoms with Crippen LogP contribution in [0.2, 0.25) is 0 Å². The summed E-state index contributed by atoms with van der Waals surface area (Å²) < 4.78 is 29.2. The zero-order valence-electron chi connectivity index (χ0n) is 12.5. The van der Waals surface area contributed by atoms with Gasteiger partial charge in [0, 0.05) is 19.6 Å². The first kappa shape index (κ1) is 14.8.